The second kappa shape index (κ2) is 9.42. The molecule has 2 aliphatic rings. The first-order valence-corrected chi connectivity index (χ1v) is 13.7. The number of amides is 1. The Morgan fingerprint density at radius 2 is 1.74 bits per heavy atom. The van der Waals surface area contributed by atoms with Crippen LogP contribution in [0.1, 0.15) is 18.4 Å². The number of H-pyrrole nitrogens is 1. The lowest BCUT2D eigenvalue weighted by Crippen LogP contribution is -2.46. The van der Waals surface area contributed by atoms with E-state index in [1.165, 1.54) is 12.4 Å². The lowest BCUT2D eigenvalue weighted by molar-refractivity contribution is -0.127. The van der Waals surface area contributed by atoms with Gasteiger partial charge in [0, 0.05) is 30.5 Å². The number of hydrazone groups is 1. The van der Waals surface area contributed by atoms with E-state index in [2.05, 4.69) is 26.8 Å². The minimum absolute atomic E-state index is 0.0419. The van der Waals surface area contributed by atoms with Crippen molar-refractivity contribution in [3.8, 4) is 0 Å². The van der Waals surface area contributed by atoms with E-state index in [1.54, 1.807) is 59.5 Å². The number of likely N-dealkylation sites (tertiary alicyclic amines) is 1. The number of carbonyl (C=O) groups excluding carboxylic acids is 1. The Labute approximate surface area is 219 Å². The monoisotopic (exact) mass is 527 g/mol. The minimum atomic E-state index is -3.61. The SMILES string of the molecule is C=CC(=O)N1CCC(N2N=C(Nc3ccc(S(=O)(=O)c4ccccc4)cc3)c3c[nH]c4ncnc2c34)CC1. The molecule has 4 heterocycles. The normalized spacial score (nSPS) is 15.8. The van der Waals surface area contributed by atoms with Gasteiger partial charge in [-0.25, -0.2) is 23.4 Å². The largest absolute Gasteiger partial charge is 0.345 e. The second-order valence-corrected chi connectivity index (χ2v) is 11.1. The van der Waals surface area contributed by atoms with Crippen LogP contribution in [0.4, 0.5) is 11.5 Å². The van der Waals surface area contributed by atoms with Crippen LogP contribution in [-0.4, -0.2) is 59.1 Å². The first-order chi connectivity index (χ1) is 18.5. The predicted octanol–water partition coefficient (Wildman–Crippen LogP) is 3.56. The summed E-state index contributed by atoms with van der Waals surface area (Å²) < 4.78 is 25.9. The van der Waals surface area contributed by atoms with Gasteiger partial charge in [0.05, 0.1) is 21.2 Å². The summed E-state index contributed by atoms with van der Waals surface area (Å²) in [6.07, 6.45) is 6.16. The van der Waals surface area contributed by atoms with Gasteiger partial charge < -0.3 is 15.2 Å². The number of benzene rings is 2. The molecule has 0 spiro atoms. The van der Waals surface area contributed by atoms with E-state index in [-0.39, 0.29) is 21.7 Å². The highest BCUT2D eigenvalue weighted by molar-refractivity contribution is 7.91. The standard InChI is InChI=1S/C27H25N7O3S/c1-2-23(35)33-14-12-19(13-15-33)34-27-24-22(16-28-26(24)29-17-30-27)25(32-34)31-18-8-10-21(11-9-18)38(36,37)20-6-4-3-5-7-20/h2-11,16-17,19H,1,12-15H2,(H,31,32)(H,28,29,30). The van der Waals surface area contributed by atoms with Gasteiger partial charge in [0.25, 0.3) is 0 Å². The highest BCUT2D eigenvalue weighted by Crippen LogP contribution is 2.35. The molecule has 0 aliphatic carbocycles. The molecule has 0 saturated carbocycles. The van der Waals surface area contributed by atoms with Gasteiger partial charge in [-0.3, -0.25) is 4.79 Å². The Morgan fingerprint density at radius 3 is 2.45 bits per heavy atom. The summed E-state index contributed by atoms with van der Waals surface area (Å²) in [4.78, 5) is 26.4. The summed E-state index contributed by atoms with van der Waals surface area (Å²) in [6.45, 7) is 4.80. The van der Waals surface area contributed by atoms with Crippen molar-refractivity contribution in [1.29, 1.82) is 0 Å². The van der Waals surface area contributed by atoms with E-state index in [0.29, 0.717) is 30.3 Å². The maximum atomic E-state index is 13.0. The average Bonchev–Trinajstić information content (AvgIpc) is 3.40. The number of aromatic nitrogens is 3. The van der Waals surface area contributed by atoms with Gasteiger partial charge in [0.2, 0.25) is 15.7 Å². The first kappa shape index (κ1) is 23.9. The van der Waals surface area contributed by atoms with Crippen molar-refractivity contribution < 1.29 is 13.2 Å². The van der Waals surface area contributed by atoms with Gasteiger partial charge in [-0.05, 0) is 55.3 Å². The second-order valence-electron chi connectivity index (χ2n) is 9.14. The van der Waals surface area contributed by atoms with Crippen LogP contribution in [0, 0.1) is 0 Å². The van der Waals surface area contributed by atoms with Crippen LogP contribution in [0.15, 0.2) is 94.7 Å². The van der Waals surface area contributed by atoms with Gasteiger partial charge in [-0.1, -0.05) is 24.8 Å². The maximum Gasteiger partial charge on any atom is 0.245 e. The number of piperidine rings is 1. The Morgan fingerprint density at radius 1 is 1.03 bits per heavy atom. The zero-order valence-electron chi connectivity index (χ0n) is 20.4. The summed E-state index contributed by atoms with van der Waals surface area (Å²) >= 11 is 0. The fourth-order valence-corrected chi connectivity index (χ4v) is 6.19. The van der Waals surface area contributed by atoms with Gasteiger partial charge in [0.15, 0.2) is 11.7 Å². The van der Waals surface area contributed by atoms with Gasteiger partial charge in [0.1, 0.15) is 12.0 Å². The van der Waals surface area contributed by atoms with Gasteiger partial charge in [-0.15, -0.1) is 0 Å². The van der Waals surface area contributed by atoms with E-state index >= 15 is 0 Å². The molecule has 2 aliphatic heterocycles. The molecule has 4 aromatic rings. The van der Waals surface area contributed by atoms with Crippen molar-refractivity contribution in [1.82, 2.24) is 19.9 Å². The summed E-state index contributed by atoms with van der Waals surface area (Å²) in [6, 6.07) is 15.0. The number of rotatable bonds is 5. The number of anilines is 2. The van der Waals surface area contributed by atoms with Gasteiger partial charge in [-0.2, -0.15) is 5.10 Å². The number of aromatic amines is 1. The molecule has 0 unspecified atom stereocenters. The lowest BCUT2D eigenvalue weighted by atomic mass is 10.0. The summed E-state index contributed by atoms with van der Waals surface area (Å²) in [5, 5.41) is 11.1. The number of sulfone groups is 1. The molecular weight excluding hydrogens is 502 g/mol. The van der Waals surface area contributed by atoms with Crippen LogP contribution in [0.2, 0.25) is 0 Å². The van der Waals surface area contributed by atoms with Gasteiger partial charge >= 0.3 is 0 Å². The summed E-state index contributed by atoms with van der Waals surface area (Å²) in [5.41, 5.74) is 2.22. The van der Waals surface area contributed by atoms with E-state index in [9.17, 15) is 13.2 Å². The molecule has 10 nitrogen and oxygen atoms in total. The van der Waals surface area contributed by atoms with E-state index in [1.807, 2.05) is 11.2 Å². The van der Waals surface area contributed by atoms with Crippen LogP contribution < -0.4 is 10.3 Å². The first-order valence-electron chi connectivity index (χ1n) is 12.2. The molecule has 2 N–H and O–H groups in total. The van der Waals surface area contributed by atoms with Crippen molar-refractivity contribution >= 4 is 44.1 Å². The maximum absolute atomic E-state index is 13.0. The molecular formula is C27H25N7O3S. The number of carbonyl (C=O) groups is 1. The van der Waals surface area contributed by atoms with Crippen LogP contribution in [0.25, 0.3) is 11.0 Å². The molecule has 192 valence electrons. The number of nitrogens with one attached hydrogen (secondary N) is 2. The quantitative estimate of drug-likeness (QED) is 0.380. The zero-order valence-corrected chi connectivity index (χ0v) is 21.2. The molecule has 6 rings (SSSR count). The van der Waals surface area contributed by atoms with Crippen molar-refractivity contribution in [2.45, 2.75) is 28.7 Å². The third kappa shape index (κ3) is 4.10. The third-order valence-electron chi connectivity index (χ3n) is 6.91. The van der Waals surface area contributed by atoms with Crippen LogP contribution in [0.5, 0.6) is 0 Å². The van der Waals surface area contributed by atoms with Crippen molar-refractivity contribution in [3.05, 3.63) is 85.3 Å². The Balaban J connectivity index is 1.29. The number of amidine groups is 1. The molecule has 38 heavy (non-hydrogen) atoms. The Kier molecular flexibility index (Phi) is 5.91. The smallest absolute Gasteiger partial charge is 0.245 e. The average molecular weight is 528 g/mol. The minimum Gasteiger partial charge on any atom is -0.345 e. The number of nitrogens with zero attached hydrogens (tertiary/aromatic N) is 5. The van der Waals surface area contributed by atoms with Crippen molar-refractivity contribution in [3.63, 3.8) is 0 Å². The summed E-state index contributed by atoms with van der Waals surface area (Å²) in [7, 11) is -3.61. The molecule has 0 bridgehead atoms. The molecule has 1 fully saturated rings. The molecule has 1 saturated heterocycles. The molecule has 2 aromatic carbocycles. The molecule has 0 atom stereocenters. The van der Waals surface area contributed by atoms with Crippen LogP contribution >= 0.6 is 0 Å². The highest BCUT2D eigenvalue weighted by atomic mass is 32.2. The predicted molar refractivity (Wildman–Crippen MR) is 145 cm³/mol. The van der Waals surface area contributed by atoms with Crippen molar-refractivity contribution in [2.24, 2.45) is 5.10 Å². The zero-order chi connectivity index (χ0) is 26.3. The topological polar surface area (TPSA) is 124 Å². The fourth-order valence-electron chi connectivity index (χ4n) is 4.91. The van der Waals surface area contributed by atoms with Crippen LogP contribution in [-0.2, 0) is 14.6 Å². The highest BCUT2D eigenvalue weighted by Gasteiger charge is 2.33. The van der Waals surface area contributed by atoms with E-state index in [4.69, 9.17) is 5.10 Å². The summed E-state index contributed by atoms with van der Waals surface area (Å²) in [5.74, 6) is 1.25. The third-order valence-corrected chi connectivity index (χ3v) is 8.69. The fraction of sp³-hybridized carbons (Fsp3) is 0.185. The Hall–Kier alpha value is -4.51. The molecule has 0 radical (unpaired) electrons. The van der Waals surface area contributed by atoms with Crippen molar-refractivity contribution in [2.75, 3.05) is 23.4 Å². The van der Waals surface area contributed by atoms with E-state index < -0.39 is 9.84 Å². The molecule has 2 aromatic heterocycles. The van der Waals surface area contributed by atoms with Crippen LogP contribution in [0.3, 0.4) is 0 Å². The number of hydrogen-bond donors (Lipinski definition) is 2. The molecule has 11 heteroatoms. The molecule has 1 amide bonds. The lowest BCUT2D eigenvalue weighted by Gasteiger charge is -2.37. The van der Waals surface area contributed by atoms with E-state index in [0.717, 1.165) is 29.6 Å². The Bertz CT molecular complexity index is 1660. The number of hydrogen-bond acceptors (Lipinski definition) is 8.